The summed E-state index contributed by atoms with van der Waals surface area (Å²) in [6, 6.07) is 0. The summed E-state index contributed by atoms with van der Waals surface area (Å²) < 4.78 is 0. The van der Waals surface area contributed by atoms with Crippen molar-refractivity contribution < 1.29 is 4.79 Å². The van der Waals surface area contributed by atoms with Crippen LogP contribution in [0.15, 0.2) is 23.3 Å². The van der Waals surface area contributed by atoms with E-state index in [0.29, 0.717) is 17.8 Å². The minimum atomic E-state index is 0.475. The first-order chi connectivity index (χ1) is 7.24. The van der Waals surface area contributed by atoms with Gasteiger partial charge >= 0.3 is 0 Å². The molecule has 0 aromatic rings. The molecule has 2 rings (SSSR count). The van der Waals surface area contributed by atoms with Gasteiger partial charge in [0.15, 0.2) is 0 Å². The lowest BCUT2D eigenvalue weighted by atomic mass is 9.67. The van der Waals surface area contributed by atoms with Gasteiger partial charge in [-0.1, -0.05) is 38.0 Å². The van der Waals surface area contributed by atoms with Crippen molar-refractivity contribution in [2.75, 3.05) is 0 Å². The second kappa shape index (κ2) is 4.34. The van der Waals surface area contributed by atoms with Crippen molar-refractivity contribution in [2.24, 2.45) is 17.8 Å². The summed E-state index contributed by atoms with van der Waals surface area (Å²) in [7, 11) is 0. The zero-order valence-corrected chi connectivity index (χ0v) is 9.70. The topological polar surface area (TPSA) is 17.1 Å². The molecule has 0 radical (unpaired) electrons. The average molecular weight is 204 g/mol. The highest BCUT2D eigenvalue weighted by atomic mass is 16.1. The highest BCUT2D eigenvalue weighted by Crippen LogP contribution is 2.43. The third-order valence-electron chi connectivity index (χ3n) is 3.87. The molecule has 2 aliphatic carbocycles. The molecule has 1 heteroatoms. The standard InChI is InChI=1S/C14H20O/c1-10(2)14-12(9-15)8-7-11-5-3-4-6-13(11)14/h7-10,13-14H,3-6H2,1-2H3/t13-,14-/m1/s1. The Morgan fingerprint density at radius 2 is 2.13 bits per heavy atom. The zero-order chi connectivity index (χ0) is 10.8. The van der Waals surface area contributed by atoms with Gasteiger partial charge in [0.05, 0.1) is 0 Å². The van der Waals surface area contributed by atoms with Crippen LogP contribution in [0.5, 0.6) is 0 Å². The smallest absolute Gasteiger partial charge is 0.146 e. The van der Waals surface area contributed by atoms with Crippen LogP contribution in [0.3, 0.4) is 0 Å². The van der Waals surface area contributed by atoms with E-state index in [2.05, 4.69) is 26.0 Å². The van der Waals surface area contributed by atoms with Crippen LogP contribution in [0.2, 0.25) is 0 Å². The Morgan fingerprint density at radius 1 is 1.33 bits per heavy atom. The van der Waals surface area contributed by atoms with E-state index in [1.54, 1.807) is 5.57 Å². The van der Waals surface area contributed by atoms with Gasteiger partial charge in [0.2, 0.25) is 0 Å². The zero-order valence-electron chi connectivity index (χ0n) is 9.70. The minimum Gasteiger partial charge on any atom is -0.298 e. The van der Waals surface area contributed by atoms with Gasteiger partial charge in [0, 0.05) is 0 Å². The molecule has 0 bridgehead atoms. The number of aldehydes is 1. The monoisotopic (exact) mass is 204 g/mol. The number of hydrogen-bond acceptors (Lipinski definition) is 1. The molecule has 0 unspecified atom stereocenters. The van der Waals surface area contributed by atoms with Crippen molar-refractivity contribution >= 4 is 6.29 Å². The molecule has 2 atom stereocenters. The van der Waals surface area contributed by atoms with Gasteiger partial charge in [0.25, 0.3) is 0 Å². The number of hydrogen-bond donors (Lipinski definition) is 0. The van der Waals surface area contributed by atoms with E-state index in [9.17, 15) is 4.79 Å². The molecule has 0 amide bonds. The molecule has 1 nitrogen and oxygen atoms in total. The number of rotatable bonds is 2. The normalized spacial score (nSPS) is 30.6. The molecule has 0 heterocycles. The van der Waals surface area contributed by atoms with Gasteiger partial charge in [-0.3, -0.25) is 4.79 Å². The summed E-state index contributed by atoms with van der Waals surface area (Å²) >= 11 is 0. The number of fused-ring (bicyclic) bond motifs is 1. The molecule has 1 fully saturated rings. The Labute approximate surface area is 92.3 Å². The lowest BCUT2D eigenvalue weighted by Crippen LogP contribution is -2.28. The predicted molar refractivity (Wildman–Crippen MR) is 62.5 cm³/mol. The number of allylic oxidation sites excluding steroid dienone is 4. The summed E-state index contributed by atoms with van der Waals surface area (Å²) in [6.07, 6.45) is 10.5. The molecular formula is C14H20O. The number of carbonyl (C=O) groups excluding carboxylic acids is 1. The van der Waals surface area contributed by atoms with Crippen molar-refractivity contribution in [2.45, 2.75) is 39.5 Å². The third kappa shape index (κ3) is 1.92. The lowest BCUT2D eigenvalue weighted by molar-refractivity contribution is -0.105. The van der Waals surface area contributed by atoms with E-state index in [1.807, 2.05) is 0 Å². The average Bonchev–Trinajstić information content (AvgIpc) is 2.27. The Kier molecular flexibility index (Phi) is 3.08. The Morgan fingerprint density at radius 3 is 2.80 bits per heavy atom. The molecule has 0 spiro atoms. The van der Waals surface area contributed by atoms with Gasteiger partial charge in [-0.15, -0.1) is 0 Å². The first-order valence-electron chi connectivity index (χ1n) is 6.10. The van der Waals surface area contributed by atoms with Crippen molar-refractivity contribution in [3.05, 3.63) is 23.3 Å². The van der Waals surface area contributed by atoms with Crippen LogP contribution in [0, 0.1) is 17.8 Å². The van der Waals surface area contributed by atoms with E-state index in [4.69, 9.17) is 0 Å². The van der Waals surface area contributed by atoms with Gasteiger partial charge < -0.3 is 0 Å². The largest absolute Gasteiger partial charge is 0.298 e. The molecule has 15 heavy (non-hydrogen) atoms. The first-order valence-corrected chi connectivity index (χ1v) is 6.10. The predicted octanol–water partition coefficient (Wildman–Crippen LogP) is 3.51. The van der Waals surface area contributed by atoms with E-state index >= 15 is 0 Å². The molecule has 2 aliphatic rings. The fraction of sp³-hybridized carbons (Fsp3) is 0.643. The summed E-state index contributed by atoms with van der Waals surface area (Å²) in [5.41, 5.74) is 2.60. The fourth-order valence-corrected chi connectivity index (χ4v) is 3.20. The Hall–Kier alpha value is -0.850. The molecule has 1 saturated carbocycles. The Balaban J connectivity index is 2.30. The summed E-state index contributed by atoms with van der Waals surface area (Å²) in [5.74, 6) is 1.71. The second-order valence-corrected chi connectivity index (χ2v) is 5.15. The maximum atomic E-state index is 11.1. The minimum absolute atomic E-state index is 0.475. The van der Waals surface area contributed by atoms with Crippen molar-refractivity contribution in [1.29, 1.82) is 0 Å². The van der Waals surface area contributed by atoms with Crippen LogP contribution in [0.1, 0.15) is 39.5 Å². The molecule has 82 valence electrons. The first kappa shape index (κ1) is 10.7. The van der Waals surface area contributed by atoms with Gasteiger partial charge in [0.1, 0.15) is 6.29 Å². The highest BCUT2D eigenvalue weighted by molar-refractivity contribution is 5.75. The van der Waals surface area contributed by atoms with Crippen molar-refractivity contribution in [1.82, 2.24) is 0 Å². The molecule has 0 saturated heterocycles. The lowest BCUT2D eigenvalue weighted by Gasteiger charge is -2.37. The van der Waals surface area contributed by atoms with Gasteiger partial charge in [-0.05, 0) is 42.6 Å². The van der Waals surface area contributed by atoms with Crippen LogP contribution in [0.25, 0.3) is 0 Å². The Bertz CT molecular complexity index is 309. The molecule has 0 aromatic heterocycles. The van der Waals surface area contributed by atoms with E-state index in [-0.39, 0.29) is 0 Å². The maximum absolute atomic E-state index is 11.1. The SMILES string of the molecule is CC(C)[C@@H]1C(C=O)=CC=C2CCCC[C@H]21. The van der Waals surface area contributed by atoms with Crippen LogP contribution < -0.4 is 0 Å². The molecule has 0 aliphatic heterocycles. The van der Waals surface area contributed by atoms with Crippen LogP contribution in [-0.2, 0) is 4.79 Å². The van der Waals surface area contributed by atoms with Crippen molar-refractivity contribution in [3.63, 3.8) is 0 Å². The second-order valence-electron chi connectivity index (χ2n) is 5.15. The third-order valence-corrected chi connectivity index (χ3v) is 3.87. The van der Waals surface area contributed by atoms with Crippen LogP contribution >= 0.6 is 0 Å². The number of carbonyl (C=O) groups is 1. The quantitative estimate of drug-likeness (QED) is 0.629. The van der Waals surface area contributed by atoms with Crippen molar-refractivity contribution in [3.8, 4) is 0 Å². The van der Waals surface area contributed by atoms with Crippen LogP contribution in [-0.4, -0.2) is 6.29 Å². The van der Waals surface area contributed by atoms with Crippen LogP contribution in [0.4, 0.5) is 0 Å². The molecule has 0 aromatic carbocycles. The van der Waals surface area contributed by atoms with E-state index in [0.717, 1.165) is 11.9 Å². The highest BCUT2D eigenvalue weighted by Gasteiger charge is 2.33. The summed E-state index contributed by atoms with van der Waals surface area (Å²) in [4.78, 5) is 11.1. The van der Waals surface area contributed by atoms with Gasteiger partial charge in [-0.25, -0.2) is 0 Å². The molecular weight excluding hydrogens is 184 g/mol. The van der Waals surface area contributed by atoms with E-state index < -0.39 is 0 Å². The van der Waals surface area contributed by atoms with Gasteiger partial charge in [-0.2, -0.15) is 0 Å². The fourth-order valence-electron chi connectivity index (χ4n) is 3.20. The molecule has 0 N–H and O–H groups in total. The summed E-state index contributed by atoms with van der Waals surface area (Å²) in [6.45, 7) is 4.47. The maximum Gasteiger partial charge on any atom is 0.146 e. The summed E-state index contributed by atoms with van der Waals surface area (Å²) in [5, 5.41) is 0. The van der Waals surface area contributed by atoms with E-state index in [1.165, 1.54) is 25.7 Å².